The topological polar surface area (TPSA) is 66.8 Å². The molecular formula is C14H17NO4S2. The van der Waals surface area contributed by atoms with Crippen LogP contribution in [0.25, 0.3) is 0 Å². The fourth-order valence-corrected chi connectivity index (χ4v) is 4.24. The molecule has 1 aromatic heterocycles. The number of sulfonamides is 1. The lowest BCUT2D eigenvalue weighted by Gasteiger charge is -2.20. The highest BCUT2D eigenvalue weighted by Crippen LogP contribution is 2.24. The van der Waals surface area contributed by atoms with Crippen molar-refractivity contribution in [2.45, 2.75) is 10.3 Å². The van der Waals surface area contributed by atoms with Crippen molar-refractivity contribution in [2.75, 3.05) is 20.7 Å². The van der Waals surface area contributed by atoms with E-state index in [9.17, 15) is 13.5 Å². The van der Waals surface area contributed by atoms with E-state index in [2.05, 4.69) is 0 Å². The Labute approximate surface area is 128 Å². The maximum absolute atomic E-state index is 12.3. The van der Waals surface area contributed by atoms with E-state index in [1.165, 1.54) is 7.05 Å². The van der Waals surface area contributed by atoms with E-state index in [0.717, 1.165) is 15.6 Å². The molecule has 0 aliphatic heterocycles. The van der Waals surface area contributed by atoms with Gasteiger partial charge in [0, 0.05) is 13.6 Å². The lowest BCUT2D eigenvalue weighted by Crippen LogP contribution is -2.30. The summed E-state index contributed by atoms with van der Waals surface area (Å²) in [5.74, 6) is 0.621. The zero-order chi connectivity index (χ0) is 15.5. The van der Waals surface area contributed by atoms with Crippen molar-refractivity contribution in [1.29, 1.82) is 0 Å². The number of methoxy groups -OCH3 is 1. The minimum absolute atomic E-state index is 0.0204. The summed E-state index contributed by atoms with van der Waals surface area (Å²) in [6.45, 7) is -0.0204. The number of aliphatic hydroxyl groups is 1. The van der Waals surface area contributed by atoms with Gasteiger partial charge in [-0.2, -0.15) is 4.31 Å². The van der Waals surface area contributed by atoms with Crippen molar-refractivity contribution >= 4 is 21.4 Å². The Morgan fingerprint density at radius 1 is 1.33 bits per heavy atom. The van der Waals surface area contributed by atoms with E-state index in [1.54, 1.807) is 48.9 Å². The second-order valence-electron chi connectivity index (χ2n) is 4.51. The second kappa shape index (κ2) is 6.57. The van der Waals surface area contributed by atoms with Crippen LogP contribution in [0.4, 0.5) is 0 Å². The van der Waals surface area contributed by atoms with Gasteiger partial charge < -0.3 is 9.84 Å². The van der Waals surface area contributed by atoms with Gasteiger partial charge in [0.25, 0.3) is 10.0 Å². The molecule has 0 saturated heterocycles. The molecule has 0 radical (unpaired) electrons. The van der Waals surface area contributed by atoms with Crippen LogP contribution >= 0.6 is 11.3 Å². The Morgan fingerprint density at radius 3 is 2.71 bits per heavy atom. The summed E-state index contributed by atoms with van der Waals surface area (Å²) in [4.78, 5) is 0. The van der Waals surface area contributed by atoms with Crippen LogP contribution in [0.2, 0.25) is 0 Å². The van der Waals surface area contributed by atoms with Crippen LogP contribution in [0.15, 0.2) is 46.0 Å². The molecule has 2 rings (SSSR count). The largest absolute Gasteiger partial charge is 0.497 e. The fourth-order valence-electron chi connectivity index (χ4n) is 1.86. The smallest absolute Gasteiger partial charge is 0.252 e. The molecular weight excluding hydrogens is 310 g/mol. The van der Waals surface area contributed by atoms with Crippen LogP contribution < -0.4 is 4.74 Å². The van der Waals surface area contributed by atoms with Gasteiger partial charge in [0.15, 0.2) is 0 Å². The summed E-state index contributed by atoms with van der Waals surface area (Å²) >= 11 is 1.16. The average molecular weight is 327 g/mol. The molecule has 1 heterocycles. The normalized spacial score (nSPS) is 13.3. The molecule has 2 aromatic rings. The summed E-state index contributed by atoms with van der Waals surface area (Å²) in [6, 6.07) is 10.2. The molecule has 0 saturated carbocycles. The number of nitrogens with zero attached hydrogens (tertiary/aromatic N) is 1. The highest BCUT2D eigenvalue weighted by atomic mass is 32.2. The number of benzene rings is 1. The Hall–Kier alpha value is -1.41. The number of thiophene rings is 1. The number of hydrogen-bond acceptors (Lipinski definition) is 5. The Morgan fingerprint density at radius 2 is 2.10 bits per heavy atom. The molecule has 1 aromatic carbocycles. The Kier molecular flexibility index (Phi) is 5.00. The lowest BCUT2D eigenvalue weighted by atomic mass is 10.1. The molecule has 5 nitrogen and oxygen atoms in total. The van der Waals surface area contributed by atoms with E-state index in [-0.39, 0.29) is 10.8 Å². The first-order valence-electron chi connectivity index (χ1n) is 6.27. The van der Waals surface area contributed by atoms with Crippen LogP contribution in [0.5, 0.6) is 5.75 Å². The monoisotopic (exact) mass is 327 g/mol. The van der Waals surface area contributed by atoms with Gasteiger partial charge in [0.1, 0.15) is 9.96 Å². The first-order valence-corrected chi connectivity index (χ1v) is 8.59. The van der Waals surface area contributed by atoms with Gasteiger partial charge in [-0.1, -0.05) is 18.2 Å². The zero-order valence-corrected chi connectivity index (χ0v) is 13.4. The van der Waals surface area contributed by atoms with Crippen molar-refractivity contribution in [1.82, 2.24) is 4.31 Å². The van der Waals surface area contributed by atoms with E-state index < -0.39 is 16.1 Å². The van der Waals surface area contributed by atoms with Gasteiger partial charge in [-0.05, 0) is 29.1 Å². The maximum atomic E-state index is 12.3. The number of aliphatic hydroxyl groups excluding tert-OH is 1. The third-order valence-corrected chi connectivity index (χ3v) is 6.26. The quantitative estimate of drug-likeness (QED) is 0.882. The zero-order valence-electron chi connectivity index (χ0n) is 11.8. The summed E-state index contributed by atoms with van der Waals surface area (Å²) in [7, 11) is -0.556. The highest BCUT2D eigenvalue weighted by Gasteiger charge is 2.24. The molecule has 0 aliphatic rings. The summed E-state index contributed by atoms with van der Waals surface area (Å²) in [5, 5.41) is 11.9. The molecule has 0 aliphatic carbocycles. The molecule has 21 heavy (non-hydrogen) atoms. The number of rotatable bonds is 6. The predicted molar refractivity (Wildman–Crippen MR) is 82.1 cm³/mol. The molecule has 1 atom stereocenters. The SMILES string of the molecule is COc1cccc(C(O)CN(C)S(=O)(=O)c2cccs2)c1. The van der Waals surface area contributed by atoms with Crippen LogP contribution in [0, 0.1) is 0 Å². The molecule has 1 N–H and O–H groups in total. The van der Waals surface area contributed by atoms with Gasteiger partial charge in [-0.3, -0.25) is 0 Å². The third-order valence-electron chi connectivity index (χ3n) is 3.07. The third kappa shape index (κ3) is 3.62. The molecule has 7 heteroatoms. The summed E-state index contributed by atoms with van der Waals surface area (Å²) in [5.41, 5.74) is 0.613. The number of likely N-dealkylation sites (N-methyl/N-ethyl adjacent to an activating group) is 1. The molecule has 0 amide bonds. The van der Waals surface area contributed by atoms with Crippen molar-refractivity contribution in [3.8, 4) is 5.75 Å². The van der Waals surface area contributed by atoms with Crippen LogP contribution in [-0.4, -0.2) is 38.5 Å². The van der Waals surface area contributed by atoms with E-state index in [4.69, 9.17) is 4.74 Å². The van der Waals surface area contributed by atoms with E-state index in [1.807, 2.05) is 0 Å². The van der Waals surface area contributed by atoms with Gasteiger partial charge in [0.2, 0.25) is 0 Å². The Balaban J connectivity index is 2.13. The van der Waals surface area contributed by atoms with Crippen LogP contribution in [-0.2, 0) is 10.0 Å². The van der Waals surface area contributed by atoms with Gasteiger partial charge in [-0.15, -0.1) is 11.3 Å². The van der Waals surface area contributed by atoms with Crippen molar-refractivity contribution < 1.29 is 18.3 Å². The fraction of sp³-hybridized carbons (Fsp3) is 0.286. The first-order chi connectivity index (χ1) is 9.95. The minimum atomic E-state index is -3.55. The molecule has 114 valence electrons. The maximum Gasteiger partial charge on any atom is 0.252 e. The van der Waals surface area contributed by atoms with Crippen molar-refractivity contribution in [3.63, 3.8) is 0 Å². The van der Waals surface area contributed by atoms with Crippen LogP contribution in [0.3, 0.4) is 0 Å². The number of hydrogen-bond donors (Lipinski definition) is 1. The average Bonchev–Trinajstić information content (AvgIpc) is 3.02. The Bertz CT molecular complexity index is 683. The molecule has 0 spiro atoms. The lowest BCUT2D eigenvalue weighted by molar-refractivity contribution is 0.154. The summed E-state index contributed by atoms with van der Waals surface area (Å²) < 4.78 is 31.1. The molecule has 0 bridgehead atoms. The highest BCUT2D eigenvalue weighted by molar-refractivity contribution is 7.91. The van der Waals surface area contributed by atoms with Gasteiger partial charge in [-0.25, -0.2) is 8.42 Å². The van der Waals surface area contributed by atoms with E-state index >= 15 is 0 Å². The van der Waals surface area contributed by atoms with E-state index in [0.29, 0.717) is 11.3 Å². The second-order valence-corrected chi connectivity index (χ2v) is 7.73. The minimum Gasteiger partial charge on any atom is -0.497 e. The standard InChI is InChI=1S/C14H17NO4S2/c1-15(21(17,18)14-7-4-8-20-14)10-13(16)11-5-3-6-12(9-11)19-2/h3-9,13,16H,10H2,1-2H3. The molecule has 1 unspecified atom stereocenters. The predicted octanol–water partition coefficient (Wildman–Crippen LogP) is 2.11. The van der Waals surface area contributed by atoms with Gasteiger partial charge in [0.05, 0.1) is 13.2 Å². The molecule has 0 fully saturated rings. The first kappa shape index (κ1) is 16.0. The van der Waals surface area contributed by atoms with Crippen molar-refractivity contribution in [2.24, 2.45) is 0 Å². The number of ether oxygens (including phenoxy) is 1. The van der Waals surface area contributed by atoms with Crippen LogP contribution in [0.1, 0.15) is 11.7 Å². The van der Waals surface area contributed by atoms with Crippen molar-refractivity contribution in [3.05, 3.63) is 47.3 Å². The van der Waals surface area contributed by atoms with Gasteiger partial charge >= 0.3 is 0 Å². The summed E-state index contributed by atoms with van der Waals surface area (Å²) in [6.07, 6.45) is -0.917.